The molecule has 7 rings (SSSR count). The molecule has 0 saturated heterocycles. The SMILES string of the molecule is C[SiH](c1ccccc1)[Zr]([Cl])([Cl])([CH]1C=Cc2c(-c3ccccn3)cccc21)[CH]1C=Cc2c(-c3ccccn3)cccc21. The summed E-state index contributed by atoms with van der Waals surface area (Å²) >= 11 is -4.89. The van der Waals surface area contributed by atoms with Crippen LogP contribution < -0.4 is 5.19 Å². The molecule has 201 valence electrons. The molecule has 0 bridgehead atoms. The average Bonchev–Trinajstić information content (AvgIpc) is 3.68. The summed E-state index contributed by atoms with van der Waals surface area (Å²) in [6.07, 6.45) is 12.8. The first-order valence-corrected chi connectivity index (χ1v) is 29.8. The molecule has 2 aliphatic rings. The molecule has 3 unspecified atom stereocenters. The molecule has 0 amide bonds. The van der Waals surface area contributed by atoms with E-state index in [-0.39, 0.29) is 7.25 Å². The third-order valence-corrected chi connectivity index (χ3v) is 56.5. The van der Waals surface area contributed by atoms with Gasteiger partial charge in [0.05, 0.1) is 0 Å². The van der Waals surface area contributed by atoms with E-state index in [2.05, 4.69) is 120 Å². The van der Waals surface area contributed by atoms with Gasteiger partial charge in [0.15, 0.2) is 0 Å². The van der Waals surface area contributed by atoms with Crippen molar-refractivity contribution in [3.05, 3.63) is 150 Å². The molecule has 0 fully saturated rings. The van der Waals surface area contributed by atoms with Crippen LogP contribution >= 0.6 is 17.0 Å². The van der Waals surface area contributed by atoms with Crippen molar-refractivity contribution in [2.45, 2.75) is 13.8 Å². The second kappa shape index (κ2) is 10.4. The van der Waals surface area contributed by atoms with E-state index in [1.165, 1.54) is 27.4 Å². The summed E-state index contributed by atoms with van der Waals surface area (Å²) in [6, 6.07) is 36.0. The molecule has 0 spiro atoms. The number of allylic oxidation sites excluding steroid dienone is 2. The zero-order chi connectivity index (χ0) is 28.1. The number of halogens is 2. The van der Waals surface area contributed by atoms with Gasteiger partial charge >= 0.3 is 252 Å². The number of rotatable bonds is 6. The monoisotopic (exact) mass is 665 g/mol. The van der Waals surface area contributed by atoms with Crippen LogP contribution in [0.1, 0.15) is 29.5 Å². The first-order chi connectivity index (χ1) is 20.0. The number of pyridine rings is 2. The number of benzene rings is 3. The molecule has 0 saturated carbocycles. The Balaban J connectivity index is 1.43. The fraction of sp³-hybridized carbons (Fsp3) is 0.0857. The molecule has 2 aromatic heterocycles. The summed E-state index contributed by atoms with van der Waals surface area (Å²) in [5.41, 5.74) is 9.04. The Labute approximate surface area is 250 Å². The first kappa shape index (κ1) is 27.0. The van der Waals surface area contributed by atoms with Gasteiger partial charge in [-0.15, -0.1) is 0 Å². The minimum absolute atomic E-state index is 0.0144. The molecular weight excluding hydrogens is 639 g/mol. The fourth-order valence-corrected chi connectivity index (χ4v) is 43.3. The Kier molecular flexibility index (Phi) is 6.87. The van der Waals surface area contributed by atoms with Gasteiger partial charge in [-0.1, -0.05) is 0 Å². The topological polar surface area (TPSA) is 25.8 Å². The molecule has 2 nitrogen and oxygen atoms in total. The van der Waals surface area contributed by atoms with E-state index >= 15 is 0 Å². The molecule has 3 atom stereocenters. The maximum absolute atomic E-state index is 8.45. The van der Waals surface area contributed by atoms with Crippen molar-refractivity contribution in [3.63, 3.8) is 0 Å². The second-order valence-electron chi connectivity index (χ2n) is 11.1. The van der Waals surface area contributed by atoms with Gasteiger partial charge in [-0.05, 0) is 0 Å². The third-order valence-electron chi connectivity index (χ3n) is 9.06. The maximum atomic E-state index is 8.45. The Morgan fingerprint density at radius 1 is 0.585 bits per heavy atom. The molecule has 0 N–H and O–H groups in total. The minimum atomic E-state index is -4.89. The molecule has 5 aromatic rings. The molecule has 6 heteroatoms. The standard InChI is InChI=1S/2C14H10N.C7H9Si.2ClH.Zr/c2*1-2-10-15-14(9-1)13-8-4-6-11-5-3-7-12(11)13;1-8-7-5-3-2-4-6-7;;;/h2*1-10H;2-6,8H,1H3;2*1H;/q;;;;;+2/p-2. The Morgan fingerprint density at radius 3 is 1.54 bits per heavy atom. The van der Waals surface area contributed by atoms with E-state index in [0.717, 1.165) is 22.5 Å². The van der Waals surface area contributed by atoms with Crippen LogP contribution in [0.4, 0.5) is 0 Å². The van der Waals surface area contributed by atoms with E-state index < -0.39 is 21.5 Å². The van der Waals surface area contributed by atoms with E-state index in [4.69, 9.17) is 17.0 Å². The molecule has 2 aliphatic carbocycles. The number of fused-ring (bicyclic) bond motifs is 2. The van der Waals surface area contributed by atoms with Crippen LogP contribution in [-0.4, -0.2) is 15.9 Å². The zero-order valence-corrected chi connectivity index (χ0v) is 27.8. The number of hydrogen-bond acceptors (Lipinski definition) is 2. The molecule has 0 aliphatic heterocycles. The summed E-state index contributed by atoms with van der Waals surface area (Å²) in [5, 5.41) is 1.33. The van der Waals surface area contributed by atoms with Crippen molar-refractivity contribution in [2.75, 3.05) is 0 Å². The Morgan fingerprint density at radius 2 is 1.07 bits per heavy atom. The van der Waals surface area contributed by atoms with Crippen LogP contribution in [0.3, 0.4) is 0 Å². The van der Waals surface area contributed by atoms with Gasteiger partial charge in [0.2, 0.25) is 0 Å². The first-order valence-electron chi connectivity index (χ1n) is 14.0. The van der Waals surface area contributed by atoms with E-state index in [1.54, 1.807) is 0 Å². The normalized spacial score (nSPS) is 18.9. The number of hydrogen-bond donors (Lipinski definition) is 0. The quantitative estimate of drug-likeness (QED) is 0.169. The van der Waals surface area contributed by atoms with Crippen molar-refractivity contribution in [1.82, 2.24) is 9.97 Å². The van der Waals surface area contributed by atoms with E-state index in [1.807, 2.05) is 36.7 Å². The summed E-state index contributed by atoms with van der Waals surface area (Å²) in [7, 11) is 16.9. The van der Waals surface area contributed by atoms with Crippen LogP contribution in [-0.2, 0) is 15.6 Å². The summed E-state index contributed by atoms with van der Waals surface area (Å²) in [4.78, 5) is 9.34. The van der Waals surface area contributed by atoms with E-state index in [9.17, 15) is 0 Å². The summed E-state index contributed by atoms with van der Waals surface area (Å²) < 4.78 is -0.0289. The van der Waals surface area contributed by atoms with Crippen LogP contribution in [0.15, 0.2) is 128 Å². The fourth-order valence-electron chi connectivity index (χ4n) is 6.92. The van der Waals surface area contributed by atoms with Crippen molar-refractivity contribution in [1.29, 1.82) is 0 Å². The van der Waals surface area contributed by atoms with Crippen molar-refractivity contribution in [3.8, 4) is 22.5 Å². The van der Waals surface area contributed by atoms with Gasteiger partial charge in [0, 0.05) is 0 Å². The van der Waals surface area contributed by atoms with Gasteiger partial charge in [-0.3, -0.25) is 0 Å². The molecular formula is C35H29Cl2N2SiZr. The number of nitrogens with zero attached hydrogens (tertiary/aromatic N) is 2. The van der Waals surface area contributed by atoms with Gasteiger partial charge < -0.3 is 0 Å². The molecule has 0 radical (unpaired) electrons. The van der Waals surface area contributed by atoms with Crippen LogP contribution in [0.5, 0.6) is 0 Å². The third kappa shape index (κ3) is 4.31. The van der Waals surface area contributed by atoms with Gasteiger partial charge in [-0.2, -0.15) is 0 Å². The Bertz CT molecular complexity index is 1700. The molecule has 2 heterocycles. The number of aromatic nitrogens is 2. The summed E-state index contributed by atoms with van der Waals surface area (Å²) in [6.45, 7) is 2.39. The molecule has 3 aromatic carbocycles. The average molecular weight is 668 g/mol. The predicted octanol–water partition coefficient (Wildman–Crippen LogP) is 8.90. The van der Waals surface area contributed by atoms with Crippen LogP contribution in [0, 0.1) is 0 Å². The molecule has 41 heavy (non-hydrogen) atoms. The predicted molar refractivity (Wildman–Crippen MR) is 174 cm³/mol. The van der Waals surface area contributed by atoms with Crippen molar-refractivity contribution >= 4 is 40.3 Å². The zero-order valence-electron chi connectivity index (χ0n) is 22.7. The van der Waals surface area contributed by atoms with Crippen LogP contribution in [0.25, 0.3) is 34.7 Å². The Hall–Kier alpha value is -2.88. The van der Waals surface area contributed by atoms with Crippen molar-refractivity contribution < 1.29 is 15.6 Å². The summed E-state index contributed by atoms with van der Waals surface area (Å²) in [5.74, 6) is -1.90. The van der Waals surface area contributed by atoms with Crippen LogP contribution in [0.2, 0.25) is 6.55 Å². The van der Waals surface area contributed by atoms with Gasteiger partial charge in [0.1, 0.15) is 0 Å². The van der Waals surface area contributed by atoms with Crippen molar-refractivity contribution in [2.24, 2.45) is 0 Å². The van der Waals surface area contributed by atoms with E-state index in [0.29, 0.717) is 0 Å². The van der Waals surface area contributed by atoms with Gasteiger partial charge in [-0.25, -0.2) is 0 Å². The van der Waals surface area contributed by atoms with Gasteiger partial charge in [0.25, 0.3) is 0 Å². The second-order valence-corrected chi connectivity index (χ2v) is 51.5.